The van der Waals surface area contributed by atoms with Gasteiger partial charge in [-0.05, 0) is 24.3 Å². The molecule has 0 radical (unpaired) electrons. The second kappa shape index (κ2) is 10.1. The number of carbonyl (C=O) groups is 1. The minimum Gasteiger partial charge on any atom is -0.325 e. The number of nitro groups is 2. The van der Waals surface area contributed by atoms with E-state index in [-0.39, 0.29) is 17.1 Å². The lowest BCUT2D eigenvalue weighted by Crippen LogP contribution is -2.15. The molecule has 1 N–H and O–H groups in total. The fraction of sp³-hybridized carbons (Fsp3) is 0.0455. The Balaban J connectivity index is 1.59. The van der Waals surface area contributed by atoms with E-state index >= 15 is 0 Å². The van der Waals surface area contributed by atoms with E-state index in [0.717, 1.165) is 23.9 Å². The van der Waals surface area contributed by atoms with Crippen LogP contribution >= 0.6 is 11.8 Å². The number of hydrogen-bond donors (Lipinski definition) is 1. The smallest absolute Gasteiger partial charge is 0.306 e. The number of aromatic nitrogens is 3. The minimum absolute atomic E-state index is 0.0745. The molecule has 1 amide bonds. The monoisotopic (exact) mass is 494 g/mol. The fourth-order valence-corrected chi connectivity index (χ4v) is 3.93. The van der Waals surface area contributed by atoms with Crippen LogP contribution < -0.4 is 5.32 Å². The number of nitrogens with zero attached hydrogens (tertiary/aromatic N) is 5. The number of thioether (sulfide) groups is 1. The molecule has 0 unspecified atom stereocenters. The van der Waals surface area contributed by atoms with Gasteiger partial charge in [0.1, 0.15) is 0 Å². The van der Waals surface area contributed by atoms with E-state index in [9.17, 15) is 29.4 Å². The molecule has 3 aromatic carbocycles. The lowest BCUT2D eigenvalue weighted by atomic mass is 10.2. The number of carbonyl (C=O) groups excluding carboxylic acids is 1. The van der Waals surface area contributed by atoms with Gasteiger partial charge in [0.2, 0.25) is 11.7 Å². The van der Waals surface area contributed by atoms with Gasteiger partial charge < -0.3 is 5.32 Å². The minimum atomic E-state index is -1.01. The maximum Gasteiger partial charge on any atom is 0.306 e. The first kappa shape index (κ1) is 23.5. The summed E-state index contributed by atoms with van der Waals surface area (Å²) in [6, 6.07) is 18.0. The highest BCUT2D eigenvalue weighted by molar-refractivity contribution is 7.99. The quantitative estimate of drug-likeness (QED) is 0.212. The highest BCUT2D eigenvalue weighted by atomic mass is 32.2. The van der Waals surface area contributed by atoms with Crippen LogP contribution in [0.25, 0.3) is 17.1 Å². The van der Waals surface area contributed by atoms with Crippen molar-refractivity contribution in [3.05, 3.63) is 98.8 Å². The third-order valence-electron chi connectivity index (χ3n) is 4.72. The van der Waals surface area contributed by atoms with Crippen LogP contribution in [0, 0.1) is 26.0 Å². The Kier molecular flexibility index (Phi) is 6.78. The molecule has 1 heterocycles. The standard InChI is InChI=1S/C22H15FN6O5S/c23-18-10-9-15(12-19(18)29(33)34)24-20(30)13-35-22-26-25-21(27(22)16-6-2-1-3-7-16)14-5-4-8-17(11-14)28(31)32/h1-12H,13H2,(H,24,30). The zero-order chi connectivity index (χ0) is 24.9. The van der Waals surface area contributed by atoms with Crippen LogP contribution in [0.3, 0.4) is 0 Å². The number of non-ortho nitro benzene ring substituents is 1. The van der Waals surface area contributed by atoms with Crippen molar-refractivity contribution >= 4 is 34.7 Å². The van der Waals surface area contributed by atoms with Gasteiger partial charge in [-0.2, -0.15) is 4.39 Å². The van der Waals surface area contributed by atoms with Gasteiger partial charge in [-0.1, -0.05) is 42.1 Å². The van der Waals surface area contributed by atoms with Crippen molar-refractivity contribution in [2.24, 2.45) is 0 Å². The number of amides is 1. The predicted octanol–water partition coefficient (Wildman–Crippen LogP) is 4.62. The number of nitrogens with one attached hydrogen (secondary N) is 1. The summed E-state index contributed by atoms with van der Waals surface area (Å²) in [5.74, 6) is -1.30. The third kappa shape index (κ3) is 5.30. The molecule has 0 aliphatic carbocycles. The van der Waals surface area contributed by atoms with Gasteiger partial charge in [0, 0.05) is 35.1 Å². The van der Waals surface area contributed by atoms with Gasteiger partial charge in [-0.3, -0.25) is 29.6 Å². The molecule has 35 heavy (non-hydrogen) atoms. The predicted molar refractivity (Wildman–Crippen MR) is 126 cm³/mol. The average Bonchev–Trinajstić information content (AvgIpc) is 3.28. The van der Waals surface area contributed by atoms with Gasteiger partial charge in [-0.15, -0.1) is 10.2 Å². The van der Waals surface area contributed by atoms with E-state index in [4.69, 9.17) is 0 Å². The van der Waals surface area contributed by atoms with Crippen molar-refractivity contribution in [1.82, 2.24) is 14.8 Å². The fourth-order valence-electron chi connectivity index (χ4n) is 3.18. The number of halogens is 1. The molecule has 0 fully saturated rings. The molecule has 13 heteroatoms. The molecule has 11 nitrogen and oxygen atoms in total. The Morgan fingerprint density at radius 2 is 1.74 bits per heavy atom. The van der Waals surface area contributed by atoms with Crippen LogP contribution in [0.15, 0.2) is 78.0 Å². The van der Waals surface area contributed by atoms with Crippen molar-refractivity contribution in [2.75, 3.05) is 11.1 Å². The van der Waals surface area contributed by atoms with Crippen LogP contribution in [0.5, 0.6) is 0 Å². The maximum atomic E-state index is 13.5. The first-order valence-electron chi connectivity index (χ1n) is 9.96. The summed E-state index contributed by atoms with van der Waals surface area (Å²) in [6.45, 7) is 0. The number of hydrogen-bond acceptors (Lipinski definition) is 8. The molecule has 0 atom stereocenters. The zero-order valence-electron chi connectivity index (χ0n) is 17.7. The van der Waals surface area contributed by atoms with E-state index < -0.39 is 27.3 Å². The van der Waals surface area contributed by atoms with Crippen molar-refractivity contribution in [1.29, 1.82) is 0 Å². The van der Waals surface area contributed by atoms with Crippen LogP contribution in [-0.2, 0) is 4.79 Å². The Bertz CT molecular complexity index is 1430. The average molecular weight is 494 g/mol. The summed E-state index contributed by atoms with van der Waals surface area (Å²) in [7, 11) is 0. The SMILES string of the molecule is O=C(CSc1nnc(-c2cccc([N+](=O)[O-])c2)n1-c1ccccc1)Nc1ccc(F)c([N+](=O)[O-])c1. The molecule has 0 aliphatic heterocycles. The van der Waals surface area contributed by atoms with Gasteiger partial charge in [0.25, 0.3) is 5.69 Å². The Labute approximate surface area is 200 Å². The number of nitro benzene ring substituents is 2. The lowest BCUT2D eigenvalue weighted by Gasteiger charge is -2.10. The lowest BCUT2D eigenvalue weighted by molar-refractivity contribution is -0.387. The molecule has 1 aromatic heterocycles. The van der Waals surface area contributed by atoms with E-state index in [2.05, 4.69) is 15.5 Å². The van der Waals surface area contributed by atoms with E-state index in [0.29, 0.717) is 22.2 Å². The third-order valence-corrected chi connectivity index (χ3v) is 5.65. The largest absolute Gasteiger partial charge is 0.325 e. The van der Waals surface area contributed by atoms with Crippen LogP contribution in [0.4, 0.5) is 21.5 Å². The summed E-state index contributed by atoms with van der Waals surface area (Å²) in [5.41, 5.74) is 0.361. The van der Waals surface area contributed by atoms with Gasteiger partial charge in [0.05, 0.1) is 15.6 Å². The van der Waals surface area contributed by atoms with Crippen molar-refractivity contribution in [3.63, 3.8) is 0 Å². The second-order valence-corrected chi connectivity index (χ2v) is 7.99. The van der Waals surface area contributed by atoms with E-state index in [1.807, 2.05) is 6.07 Å². The number of rotatable bonds is 8. The Hall–Kier alpha value is -4.65. The summed E-state index contributed by atoms with van der Waals surface area (Å²) >= 11 is 1.04. The number of anilines is 1. The summed E-state index contributed by atoms with van der Waals surface area (Å²) in [5, 5.41) is 33.3. The molecular formula is C22H15FN6O5S. The first-order valence-corrected chi connectivity index (χ1v) is 10.9. The molecular weight excluding hydrogens is 479 g/mol. The molecule has 4 aromatic rings. The molecule has 176 valence electrons. The molecule has 0 bridgehead atoms. The maximum absolute atomic E-state index is 13.5. The van der Waals surface area contributed by atoms with Gasteiger partial charge in [0.15, 0.2) is 11.0 Å². The molecule has 0 spiro atoms. The second-order valence-electron chi connectivity index (χ2n) is 7.04. The van der Waals surface area contributed by atoms with Crippen molar-refractivity contribution < 1.29 is 19.0 Å². The van der Waals surface area contributed by atoms with E-state index in [1.165, 1.54) is 18.2 Å². The van der Waals surface area contributed by atoms with Crippen molar-refractivity contribution in [3.8, 4) is 17.1 Å². The normalized spacial score (nSPS) is 10.7. The molecule has 0 aliphatic rings. The zero-order valence-corrected chi connectivity index (χ0v) is 18.5. The topological polar surface area (TPSA) is 146 Å². The molecule has 4 rings (SSSR count). The first-order chi connectivity index (χ1) is 16.8. The molecule has 0 saturated carbocycles. The van der Waals surface area contributed by atoms with Crippen molar-refractivity contribution in [2.45, 2.75) is 5.16 Å². The van der Waals surface area contributed by atoms with Gasteiger partial charge >= 0.3 is 5.69 Å². The van der Waals surface area contributed by atoms with E-state index in [1.54, 1.807) is 41.0 Å². The number of para-hydroxylation sites is 1. The summed E-state index contributed by atoms with van der Waals surface area (Å²) in [4.78, 5) is 33.2. The van der Waals surface area contributed by atoms with Crippen LogP contribution in [0.2, 0.25) is 0 Å². The highest BCUT2D eigenvalue weighted by Crippen LogP contribution is 2.30. The molecule has 0 saturated heterocycles. The Morgan fingerprint density at radius 1 is 0.971 bits per heavy atom. The summed E-state index contributed by atoms with van der Waals surface area (Å²) < 4.78 is 15.2. The van der Waals surface area contributed by atoms with Crippen LogP contribution in [0.1, 0.15) is 0 Å². The van der Waals surface area contributed by atoms with Gasteiger partial charge in [-0.25, -0.2) is 0 Å². The Morgan fingerprint density at radius 3 is 2.46 bits per heavy atom. The summed E-state index contributed by atoms with van der Waals surface area (Å²) in [6.07, 6.45) is 0. The number of benzene rings is 3. The van der Waals surface area contributed by atoms with Crippen LogP contribution in [-0.4, -0.2) is 36.3 Å². The highest BCUT2D eigenvalue weighted by Gasteiger charge is 2.20.